The largest absolute Gasteiger partial charge is 0.342 e. The molecule has 112 valence electrons. The lowest BCUT2D eigenvalue weighted by Gasteiger charge is -2.38. The maximum absolute atomic E-state index is 13.0. The average Bonchev–Trinajstić information content (AvgIpc) is 2.62. The molecule has 0 radical (unpaired) electrons. The van der Waals surface area contributed by atoms with Crippen molar-refractivity contribution in [3.8, 4) is 0 Å². The van der Waals surface area contributed by atoms with Crippen LogP contribution in [-0.4, -0.2) is 33.8 Å². The third kappa shape index (κ3) is 2.91. The molecule has 2 heterocycles. The Kier molecular flexibility index (Phi) is 3.90. The summed E-state index contributed by atoms with van der Waals surface area (Å²) in [5, 5.41) is 3.01. The van der Waals surface area contributed by atoms with Crippen LogP contribution in [-0.2, 0) is 16.1 Å². The first-order valence-electron chi connectivity index (χ1n) is 7.69. The van der Waals surface area contributed by atoms with Crippen LogP contribution in [0.15, 0.2) is 24.5 Å². The fourth-order valence-electron chi connectivity index (χ4n) is 3.38. The highest BCUT2D eigenvalue weighted by Gasteiger charge is 2.44. The first-order valence-corrected chi connectivity index (χ1v) is 7.69. The van der Waals surface area contributed by atoms with Crippen molar-refractivity contribution in [1.82, 2.24) is 15.2 Å². The molecular formula is C16H21N3O2. The predicted octanol–water partition coefficient (Wildman–Crippen LogP) is 1.63. The van der Waals surface area contributed by atoms with Gasteiger partial charge in [0.25, 0.3) is 0 Å². The Labute approximate surface area is 124 Å². The van der Waals surface area contributed by atoms with Crippen LogP contribution < -0.4 is 5.32 Å². The molecular weight excluding hydrogens is 266 g/mol. The molecule has 0 unspecified atom stereocenters. The maximum atomic E-state index is 13.0. The highest BCUT2D eigenvalue weighted by atomic mass is 16.2. The second kappa shape index (κ2) is 5.84. The lowest BCUT2D eigenvalue weighted by molar-refractivity contribution is -0.140. The summed E-state index contributed by atoms with van der Waals surface area (Å²) in [7, 11) is 0. The number of amides is 2. The van der Waals surface area contributed by atoms with Gasteiger partial charge in [0.05, 0.1) is 0 Å². The molecule has 2 amide bonds. The van der Waals surface area contributed by atoms with E-state index in [9.17, 15) is 9.59 Å². The van der Waals surface area contributed by atoms with E-state index in [4.69, 9.17) is 0 Å². The van der Waals surface area contributed by atoms with E-state index in [1.54, 1.807) is 12.4 Å². The minimum Gasteiger partial charge on any atom is -0.342 e. The number of carbonyl (C=O) groups is 2. The summed E-state index contributed by atoms with van der Waals surface area (Å²) in [5.41, 5.74) is 0.347. The van der Waals surface area contributed by atoms with Gasteiger partial charge in [-0.2, -0.15) is 0 Å². The second-order valence-corrected chi connectivity index (χ2v) is 6.03. The van der Waals surface area contributed by atoms with E-state index in [2.05, 4.69) is 10.3 Å². The molecule has 1 aliphatic carbocycles. The van der Waals surface area contributed by atoms with Gasteiger partial charge in [-0.3, -0.25) is 14.6 Å². The summed E-state index contributed by atoms with van der Waals surface area (Å²) in [4.78, 5) is 30.9. The number of carbonyl (C=O) groups excluding carboxylic acids is 2. The van der Waals surface area contributed by atoms with Crippen LogP contribution in [0.25, 0.3) is 0 Å². The molecule has 1 aliphatic heterocycles. The van der Waals surface area contributed by atoms with E-state index < -0.39 is 5.54 Å². The van der Waals surface area contributed by atoms with Crippen LogP contribution in [0.2, 0.25) is 0 Å². The van der Waals surface area contributed by atoms with E-state index in [1.807, 2.05) is 17.0 Å². The Morgan fingerprint density at radius 2 is 2.05 bits per heavy atom. The highest BCUT2D eigenvalue weighted by Crippen LogP contribution is 2.32. The fourth-order valence-corrected chi connectivity index (χ4v) is 3.38. The summed E-state index contributed by atoms with van der Waals surface area (Å²) in [6.07, 6.45) is 8.57. The van der Waals surface area contributed by atoms with Crippen molar-refractivity contribution in [3.05, 3.63) is 30.1 Å². The van der Waals surface area contributed by atoms with Crippen LogP contribution >= 0.6 is 0 Å². The SMILES string of the molecule is O=C1CCN(Cc2cccnc2)C(=O)C2(CCCCC2)N1. The normalized spacial score (nSPS) is 22.0. The zero-order chi connectivity index (χ0) is 14.7. The van der Waals surface area contributed by atoms with Gasteiger partial charge in [0.1, 0.15) is 5.54 Å². The smallest absolute Gasteiger partial charge is 0.248 e. The van der Waals surface area contributed by atoms with Crippen LogP contribution in [0.1, 0.15) is 44.1 Å². The summed E-state index contributed by atoms with van der Waals surface area (Å²) in [6.45, 7) is 1.02. The van der Waals surface area contributed by atoms with E-state index in [-0.39, 0.29) is 11.8 Å². The third-order valence-electron chi connectivity index (χ3n) is 4.49. The van der Waals surface area contributed by atoms with Crippen molar-refractivity contribution >= 4 is 11.8 Å². The highest BCUT2D eigenvalue weighted by molar-refractivity contribution is 5.93. The minimum absolute atomic E-state index is 0.000985. The molecule has 5 heteroatoms. The molecule has 0 bridgehead atoms. The van der Waals surface area contributed by atoms with Gasteiger partial charge in [0.2, 0.25) is 11.8 Å². The summed E-state index contributed by atoms with van der Waals surface area (Å²) < 4.78 is 0. The van der Waals surface area contributed by atoms with E-state index in [0.717, 1.165) is 37.7 Å². The number of nitrogens with zero attached hydrogens (tertiary/aromatic N) is 2. The molecule has 5 nitrogen and oxygen atoms in total. The topological polar surface area (TPSA) is 62.3 Å². The van der Waals surface area contributed by atoms with Crippen molar-refractivity contribution in [1.29, 1.82) is 0 Å². The lowest BCUT2D eigenvalue weighted by atomic mass is 9.80. The molecule has 1 spiro atoms. The van der Waals surface area contributed by atoms with Gasteiger partial charge in [-0.25, -0.2) is 0 Å². The van der Waals surface area contributed by atoms with Gasteiger partial charge in [-0.1, -0.05) is 25.3 Å². The molecule has 2 fully saturated rings. The van der Waals surface area contributed by atoms with Crippen LogP contribution in [0.3, 0.4) is 0 Å². The number of aromatic nitrogens is 1. The van der Waals surface area contributed by atoms with Gasteiger partial charge < -0.3 is 10.2 Å². The van der Waals surface area contributed by atoms with Crippen molar-refractivity contribution in [3.63, 3.8) is 0 Å². The second-order valence-electron chi connectivity index (χ2n) is 6.03. The number of rotatable bonds is 2. The lowest BCUT2D eigenvalue weighted by Crippen LogP contribution is -2.57. The average molecular weight is 287 g/mol. The Hall–Kier alpha value is -1.91. The van der Waals surface area contributed by atoms with E-state index >= 15 is 0 Å². The van der Waals surface area contributed by atoms with E-state index in [0.29, 0.717) is 19.5 Å². The maximum Gasteiger partial charge on any atom is 0.248 e. The minimum atomic E-state index is -0.659. The molecule has 0 aromatic carbocycles. The summed E-state index contributed by atoms with van der Waals surface area (Å²) in [6, 6.07) is 3.84. The Morgan fingerprint density at radius 1 is 1.24 bits per heavy atom. The zero-order valence-electron chi connectivity index (χ0n) is 12.2. The Morgan fingerprint density at radius 3 is 2.76 bits per heavy atom. The number of hydrogen-bond acceptors (Lipinski definition) is 3. The van der Waals surface area contributed by atoms with E-state index in [1.165, 1.54) is 0 Å². The van der Waals surface area contributed by atoms with Gasteiger partial charge in [-0.05, 0) is 24.5 Å². The molecule has 3 rings (SSSR count). The molecule has 1 saturated heterocycles. The quantitative estimate of drug-likeness (QED) is 0.899. The first kappa shape index (κ1) is 14.0. The van der Waals surface area contributed by atoms with Gasteiger partial charge in [0.15, 0.2) is 0 Å². The van der Waals surface area contributed by atoms with Crippen LogP contribution in [0, 0.1) is 0 Å². The Balaban J connectivity index is 1.83. The van der Waals surface area contributed by atoms with Crippen molar-refractivity contribution in [2.45, 2.75) is 50.6 Å². The van der Waals surface area contributed by atoms with Crippen molar-refractivity contribution < 1.29 is 9.59 Å². The molecule has 2 aliphatic rings. The summed E-state index contributed by atoms with van der Waals surface area (Å²) in [5.74, 6) is 0.0795. The molecule has 1 aromatic rings. The third-order valence-corrected chi connectivity index (χ3v) is 4.49. The number of nitrogens with one attached hydrogen (secondary N) is 1. The summed E-state index contributed by atoms with van der Waals surface area (Å²) >= 11 is 0. The number of pyridine rings is 1. The van der Waals surface area contributed by atoms with Crippen molar-refractivity contribution in [2.24, 2.45) is 0 Å². The molecule has 1 saturated carbocycles. The van der Waals surface area contributed by atoms with Gasteiger partial charge in [-0.15, -0.1) is 0 Å². The molecule has 0 atom stereocenters. The fraction of sp³-hybridized carbons (Fsp3) is 0.562. The van der Waals surface area contributed by atoms with Gasteiger partial charge in [0, 0.05) is 31.9 Å². The first-order chi connectivity index (χ1) is 10.2. The monoisotopic (exact) mass is 287 g/mol. The van der Waals surface area contributed by atoms with Gasteiger partial charge >= 0.3 is 0 Å². The standard InChI is InChI=1S/C16H21N3O2/c20-14-6-10-19(12-13-5-4-9-17-11-13)15(21)16(18-14)7-2-1-3-8-16/h4-5,9,11H,1-3,6-8,10,12H2,(H,18,20). The number of hydrogen-bond donors (Lipinski definition) is 1. The van der Waals surface area contributed by atoms with Crippen molar-refractivity contribution in [2.75, 3.05) is 6.54 Å². The van der Waals surface area contributed by atoms with Crippen LogP contribution in [0.5, 0.6) is 0 Å². The Bertz CT molecular complexity index is 524. The predicted molar refractivity (Wildman–Crippen MR) is 78.2 cm³/mol. The zero-order valence-corrected chi connectivity index (χ0v) is 12.2. The molecule has 1 aromatic heterocycles. The molecule has 1 N–H and O–H groups in total. The molecule has 21 heavy (non-hydrogen) atoms. The van der Waals surface area contributed by atoms with Crippen LogP contribution in [0.4, 0.5) is 0 Å².